The van der Waals surface area contributed by atoms with Crippen molar-refractivity contribution in [3.05, 3.63) is 0 Å². The fraction of sp³-hybridized carbons (Fsp3) is 0.852. The zero-order valence-corrected chi connectivity index (χ0v) is 22.1. The third-order valence-corrected chi connectivity index (χ3v) is 10.1. The maximum atomic E-state index is 13.3. The Morgan fingerprint density at radius 1 is 0.829 bits per heavy atom. The lowest BCUT2D eigenvalue weighted by molar-refractivity contribution is -0.268. The van der Waals surface area contributed by atoms with Crippen molar-refractivity contribution in [1.82, 2.24) is 0 Å². The van der Waals surface area contributed by atoms with E-state index in [4.69, 9.17) is 18.9 Å². The number of hydrogen-bond acceptors (Lipinski definition) is 8. The Bertz CT molecular complexity index is 930. The van der Waals surface area contributed by atoms with Crippen molar-refractivity contribution in [3.63, 3.8) is 0 Å². The molecule has 4 saturated carbocycles. The molecule has 0 unspecified atom stereocenters. The van der Waals surface area contributed by atoms with Gasteiger partial charge in [0.25, 0.3) is 0 Å². The molecule has 0 aromatic heterocycles. The van der Waals surface area contributed by atoms with Gasteiger partial charge < -0.3 is 18.9 Å². The molecule has 0 amide bonds. The van der Waals surface area contributed by atoms with Gasteiger partial charge in [0.15, 0.2) is 0 Å². The van der Waals surface area contributed by atoms with Crippen molar-refractivity contribution in [2.75, 3.05) is 7.11 Å². The van der Waals surface area contributed by atoms with E-state index < -0.39 is 35.0 Å². The van der Waals surface area contributed by atoms with E-state index in [9.17, 15) is 19.2 Å². The van der Waals surface area contributed by atoms with Crippen molar-refractivity contribution in [2.24, 2.45) is 33.5 Å². The van der Waals surface area contributed by atoms with Gasteiger partial charge in [0.1, 0.15) is 18.3 Å². The van der Waals surface area contributed by atoms with E-state index in [1.807, 2.05) is 6.92 Å². The summed E-state index contributed by atoms with van der Waals surface area (Å²) >= 11 is 0. The molecule has 4 rings (SSSR count). The number of carbonyl (C=O) groups is 4. The highest BCUT2D eigenvalue weighted by molar-refractivity contribution is 5.77. The third kappa shape index (κ3) is 3.77. The number of rotatable bonds is 4. The van der Waals surface area contributed by atoms with Crippen molar-refractivity contribution in [2.45, 2.75) is 105 Å². The molecule has 0 aromatic carbocycles. The summed E-state index contributed by atoms with van der Waals surface area (Å²) in [5, 5.41) is 0. The Hall–Kier alpha value is -2.12. The molecule has 0 N–H and O–H groups in total. The second kappa shape index (κ2) is 8.48. The van der Waals surface area contributed by atoms with Crippen LogP contribution in [0.3, 0.4) is 0 Å². The van der Waals surface area contributed by atoms with Crippen LogP contribution < -0.4 is 0 Å². The fourth-order valence-electron chi connectivity index (χ4n) is 9.24. The maximum Gasteiger partial charge on any atom is 0.311 e. The molecule has 8 nitrogen and oxygen atoms in total. The normalized spacial score (nSPS) is 46.0. The molecule has 0 aromatic rings. The lowest BCUT2D eigenvalue weighted by Crippen LogP contribution is -2.70. The van der Waals surface area contributed by atoms with Gasteiger partial charge in [-0.15, -0.1) is 0 Å². The predicted molar refractivity (Wildman–Crippen MR) is 125 cm³/mol. The number of fused-ring (bicyclic) bond motifs is 3. The van der Waals surface area contributed by atoms with Gasteiger partial charge >= 0.3 is 23.9 Å². The number of hydrogen-bond donors (Lipinski definition) is 0. The molecule has 4 aliphatic carbocycles. The molecule has 0 saturated heterocycles. The van der Waals surface area contributed by atoms with Crippen LogP contribution in [0, 0.1) is 33.5 Å². The molecule has 1 spiro atoms. The smallest absolute Gasteiger partial charge is 0.311 e. The first kappa shape index (κ1) is 26.0. The molecule has 9 atom stereocenters. The molecule has 0 aliphatic heterocycles. The van der Waals surface area contributed by atoms with Crippen LogP contribution in [-0.4, -0.2) is 49.3 Å². The summed E-state index contributed by atoms with van der Waals surface area (Å²) in [7, 11) is 1.39. The van der Waals surface area contributed by atoms with Crippen LogP contribution in [-0.2, 0) is 38.1 Å². The van der Waals surface area contributed by atoms with E-state index >= 15 is 0 Å². The standard InChI is InChI=1S/C27H40O8/c1-15(28)33-19-13-27-14-24(19,4)12-9-18(27)25(5)10-8-11-26(6,23(31)32-7)21(25)20(34-16(2)29)22(27)35-17(3)30/h18-22H,8-14H2,1-7H3/t18-,19+,20-,21-,22-,24-,25-,26+,27+/m0/s1. The molecular formula is C27H40O8. The summed E-state index contributed by atoms with van der Waals surface area (Å²) in [6.07, 6.45) is 3.46. The van der Waals surface area contributed by atoms with Gasteiger partial charge in [-0.25, -0.2) is 0 Å². The second-order valence-electron chi connectivity index (χ2n) is 12.3. The molecule has 196 valence electrons. The minimum Gasteiger partial charge on any atom is -0.469 e. The molecule has 4 aliphatic rings. The van der Waals surface area contributed by atoms with E-state index in [1.54, 1.807) is 0 Å². The molecule has 0 heterocycles. The minimum atomic E-state index is -0.892. The summed E-state index contributed by atoms with van der Waals surface area (Å²) in [5.74, 6) is -1.86. The molecule has 2 bridgehead atoms. The highest BCUT2D eigenvalue weighted by Crippen LogP contribution is 2.75. The van der Waals surface area contributed by atoms with E-state index in [1.165, 1.54) is 27.9 Å². The summed E-state index contributed by atoms with van der Waals surface area (Å²) in [6.45, 7) is 10.4. The summed E-state index contributed by atoms with van der Waals surface area (Å²) in [6, 6.07) is 0. The van der Waals surface area contributed by atoms with Crippen LogP contribution in [0.2, 0.25) is 0 Å². The van der Waals surface area contributed by atoms with Crippen LogP contribution in [0.5, 0.6) is 0 Å². The van der Waals surface area contributed by atoms with Gasteiger partial charge in [-0.3, -0.25) is 19.2 Å². The Morgan fingerprint density at radius 3 is 2.03 bits per heavy atom. The molecule has 0 radical (unpaired) electrons. The summed E-state index contributed by atoms with van der Waals surface area (Å²) < 4.78 is 23.3. The highest BCUT2D eigenvalue weighted by atomic mass is 16.6. The predicted octanol–water partition coefficient (Wildman–Crippen LogP) is 3.98. The van der Waals surface area contributed by atoms with Crippen molar-refractivity contribution in [1.29, 1.82) is 0 Å². The van der Waals surface area contributed by atoms with E-state index in [2.05, 4.69) is 13.8 Å². The Kier molecular flexibility index (Phi) is 6.29. The van der Waals surface area contributed by atoms with E-state index in [-0.39, 0.29) is 40.7 Å². The Labute approximate surface area is 207 Å². The van der Waals surface area contributed by atoms with Crippen molar-refractivity contribution < 1.29 is 38.1 Å². The largest absolute Gasteiger partial charge is 0.469 e. The van der Waals surface area contributed by atoms with Crippen LogP contribution in [0.15, 0.2) is 0 Å². The zero-order valence-electron chi connectivity index (χ0n) is 22.1. The van der Waals surface area contributed by atoms with Gasteiger partial charge in [-0.2, -0.15) is 0 Å². The molecule has 8 heteroatoms. The summed E-state index contributed by atoms with van der Waals surface area (Å²) in [5.41, 5.74) is -2.04. The molecular weight excluding hydrogens is 452 g/mol. The van der Waals surface area contributed by atoms with Gasteiger partial charge in [0, 0.05) is 37.5 Å². The number of methoxy groups -OCH3 is 1. The first-order chi connectivity index (χ1) is 16.2. The average molecular weight is 493 g/mol. The monoisotopic (exact) mass is 492 g/mol. The zero-order chi connectivity index (χ0) is 26.0. The van der Waals surface area contributed by atoms with Crippen LogP contribution >= 0.6 is 0 Å². The van der Waals surface area contributed by atoms with Gasteiger partial charge in [0.2, 0.25) is 0 Å². The lowest BCUT2D eigenvalue weighted by Gasteiger charge is -2.67. The Balaban J connectivity index is 1.93. The van der Waals surface area contributed by atoms with E-state index in [0.717, 1.165) is 25.7 Å². The van der Waals surface area contributed by atoms with Gasteiger partial charge in [-0.1, -0.05) is 20.3 Å². The average Bonchev–Trinajstić information content (AvgIpc) is 2.94. The quantitative estimate of drug-likeness (QED) is 0.429. The van der Waals surface area contributed by atoms with E-state index in [0.29, 0.717) is 19.3 Å². The van der Waals surface area contributed by atoms with Crippen LogP contribution in [0.25, 0.3) is 0 Å². The first-order valence-corrected chi connectivity index (χ1v) is 12.8. The third-order valence-electron chi connectivity index (χ3n) is 10.1. The highest BCUT2D eigenvalue weighted by Gasteiger charge is 2.76. The van der Waals surface area contributed by atoms with Crippen molar-refractivity contribution in [3.8, 4) is 0 Å². The maximum absolute atomic E-state index is 13.3. The lowest BCUT2D eigenvalue weighted by atomic mass is 9.38. The van der Waals surface area contributed by atoms with Crippen LogP contribution in [0.1, 0.15) is 86.5 Å². The SMILES string of the molecule is COC(=O)[C@]1(C)CCC[C@@]2(C)[C@@H]3CC[C@@]4(C)C[C@@]3(C[C@H]4OC(C)=O)[C@@H](OC(C)=O)[C@@H](OC(C)=O)[C@@H]21. The fourth-order valence-corrected chi connectivity index (χ4v) is 9.24. The van der Waals surface area contributed by atoms with Gasteiger partial charge in [-0.05, 0) is 56.8 Å². The topological polar surface area (TPSA) is 105 Å². The minimum absolute atomic E-state index is 0.106. The number of carbonyl (C=O) groups excluding carboxylic acids is 4. The second-order valence-corrected chi connectivity index (χ2v) is 12.3. The molecule has 35 heavy (non-hydrogen) atoms. The van der Waals surface area contributed by atoms with Crippen molar-refractivity contribution >= 4 is 23.9 Å². The first-order valence-electron chi connectivity index (χ1n) is 12.8. The number of ether oxygens (including phenoxy) is 4. The van der Waals surface area contributed by atoms with Crippen LogP contribution in [0.4, 0.5) is 0 Å². The molecule has 4 fully saturated rings. The van der Waals surface area contributed by atoms with Gasteiger partial charge in [0.05, 0.1) is 12.5 Å². The number of esters is 4. The summed E-state index contributed by atoms with van der Waals surface area (Å²) in [4.78, 5) is 50.2. The Morgan fingerprint density at radius 2 is 1.46 bits per heavy atom.